The lowest BCUT2D eigenvalue weighted by Gasteiger charge is -2.35. The zero-order chi connectivity index (χ0) is 14.2. The molecule has 4 nitrogen and oxygen atoms in total. The topological polar surface area (TPSA) is 42.4 Å². The van der Waals surface area contributed by atoms with Crippen LogP contribution in [0.2, 0.25) is 0 Å². The van der Waals surface area contributed by atoms with E-state index < -0.39 is 0 Å². The van der Waals surface area contributed by atoms with Crippen molar-refractivity contribution in [3.63, 3.8) is 0 Å². The first-order valence-corrected chi connectivity index (χ1v) is 7.62. The number of carbonyl (C=O) groups is 1. The summed E-state index contributed by atoms with van der Waals surface area (Å²) in [5.41, 5.74) is 0.852. The summed E-state index contributed by atoms with van der Waals surface area (Å²) < 4.78 is 5.67. The minimum Gasteiger partial charge on any atom is -0.372 e. The van der Waals surface area contributed by atoms with Gasteiger partial charge in [-0.05, 0) is 20.8 Å². The van der Waals surface area contributed by atoms with Crippen molar-refractivity contribution in [3.05, 3.63) is 15.6 Å². The molecule has 1 saturated heterocycles. The highest BCUT2D eigenvalue weighted by molar-refractivity contribution is 7.13. The largest absolute Gasteiger partial charge is 0.372 e. The predicted molar refractivity (Wildman–Crippen MR) is 76.9 cm³/mol. The standard InChI is InChI=1S/C14H22N2O2S/c1-8(2)13-15-11(5)12(19-13)14(17)16-6-9(3)18-10(4)7-16/h8-10H,6-7H2,1-5H3. The Labute approximate surface area is 118 Å². The van der Waals surface area contributed by atoms with Crippen molar-refractivity contribution in [2.75, 3.05) is 13.1 Å². The second kappa shape index (κ2) is 5.59. The van der Waals surface area contributed by atoms with Crippen LogP contribution in [0.1, 0.15) is 54.0 Å². The van der Waals surface area contributed by atoms with E-state index in [1.54, 1.807) is 0 Å². The number of thiazole rings is 1. The van der Waals surface area contributed by atoms with Crippen molar-refractivity contribution in [1.29, 1.82) is 0 Å². The van der Waals surface area contributed by atoms with E-state index in [4.69, 9.17) is 4.74 Å². The number of aromatic nitrogens is 1. The number of hydrogen-bond acceptors (Lipinski definition) is 4. The first kappa shape index (κ1) is 14.5. The van der Waals surface area contributed by atoms with Crippen LogP contribution in [0.5, 0.6) is 0 Å². The Balaban J connectivity index is 2.19. The second-order valence-electron chi connectivity index (χ2n) is 5.59. The van der Waals surface area contributed by atoms with Gasteiger partial charge in [0.25, 0.3) is 5.91 Å². The molecule has 0 aromatic carbocycles. The van der Waals surface area contributed by atoms with Crippen molar-refractivity contribution >= 4 is 17.2 Å². The monoisotopic (exact) mass is 282 g/mol. The Morgan fingerprint density at radius 2 is 1.95 bits per heavy atom. The molecule has 19 heavy (non-hydrogen) atoms. The van der Waals surface area contributed by atoms with Crippen LogP contribution < -0.4 is 0 Å². The second-order valence-corrected chi connectivity index (χ2v) is 6.62. The Bertz CT molecular complexity index is 460. The maximum absolute atomic E-state index is 12.6. The van der Waals surface area contributed by atoms with E-state index in [1.165, 1.54) is 11.3 Å². The third kappa shape index (κ3) is 3.15. The number of morpholine rings is 1. The van der Waals surface area contributed by atoms with Gasteiger partial charge in [-0.25, -0.2) is 4.98 Å². The number of rotatable bonds is 2. The maximum Gasteiger partial charge on any atom is 0.266 e. The average molecular weight is 282 g/mol. The van der Waals surface area contributed by atoms with Gasteiger partial charge in [0.15, 0.2) is 0 Å². The number of hydrogen-bond donors (Lipinski definition) is 0. The van der Waals surface area contributed by atoms with Crippen LogP contribution in [-0.4, -0.2) is 41.1 Å². The molecule has 2 unspecified atom stereocenters. The minimum absolute atomic E-state index is 0.101. The van der Waals surface area contributed by atoms with Gasteiger partial charge in [0.05, 0.1) is 22.9 Å². The highest BCUT2D eigenvalue weighted by Crippen LogP contribution is 2.26. The summed E-state index contributed by atoms with van der Waals surface area (Å²) in [4.78, 5) is 19.8. The molecule has 0 N–H and O–H groups in total. The van der Waals surface area contributed by atoms with Crippen LogP contribution in [0.3, 0.4) is 0 Å². The number of carbonyl (C=O) groups excluding carboxylic acids is 1. The Hall–Kier alpha value is -0.940. The van der Waals surface area contributed by atoms with Gasteiger partial charge in [-0.1, -0.05) is 13.8 Å². The van der Waals surface area contributed by atoms with Gasteiger partial charge in [0, 0.05) is 19.0 Å². The first-order chi connectivity index (χ1) is 8.88. The Morgan fingerprint density at radius 1 is 1.37 bits per heavy atom. The van der Waals surface area contributed by atoms with Gasteiger partial charge in [-0.15, -0.1) is 11.3 Å². The van der Waals surface area contributed by atoms with Crippen molar-refractivity contribution in [1.82, 2.24) is 9.88 Å². The zero-order valence-corrected chi connectivity index (χ0v) is 13.1. The molecule has 0 radical (unpaired) electrons. The number of nitrogens with zero attached hydrogens (tertiary/aromatic N) is 2. The molecule has 0 aliphatic carbocycles. The summed E-state index contributed by atoms with van der Waals surface area (Å²) >= 11 is 1.53. The average Bonchev–Trinajstić information content (AvgIpc) is 2.69. The third-order valence-electron chi connectivity index (χ3n) is 3.21. The molecule has 0 bridgehead atoms. The molecule has 5 heteroatoms. The lowest BCUT2D eigenvalue weighted by Crippen LogP contribution is -2.48. The summed E-state index contributed by atoms with van der Waals surface area (Å²) in [5.74, 6) is 0.469. The van der Waals surface area contributed by atoms with E-state index in [0.29, 0.717) is 19.0 Å². The SMILES string of the molecule is Cc1nc(C(C)C)sc1C(=O)N1CC(C)OC(C)C1. The third-order valence-corrected chi connectivity index (χ3v) is 4.65. The van der Waals surface area contributed by atoms with E-state index in [1.807, 2.05) is 25.7 Å². The van der Waals surface area contributed by atoms with Crippen LogP contribution in [0, 0.1) is 6.92 Å². The number of ether oxygens (including phenoxy) is 1. The van der Waals surface area contributed by atoms with E-state index in [0.717, 1.165) is 15.6 Å². The summed E-state index contributed by atoms with van der Waals surface area (Å²) in [7, 11) is 0. The van der Waals surface area contributed by atoms with Crippen LogP contribution in [0.15, 0.2) is 0 Å². The van der Waals surface area contributed by atoms with Crippen molar-refractivity contribution in [2.45, 2.75) is 52.7 Å². The minimum atomic E-state index is 0.101. The van der Waals surface area contributed by atoms with Gasteiger partial charge in [-0.2, -0.15) is 0 Å². The quantitative estimate of drug-likeness (QED) is 0.837. The summed E-state index contributed by atoms with van der Waals surface area (Å²) in [6.45, 7) is 11.5. The fourth-order valence-electron chi connectivity index (χ4n) is 2.35. The van der Waals surface area contributed by atoms with E-state index >= 15 is 0 Å². The van der Waals surface area contributed by atoms with Gasteiger partial charge in [0.1, 0.15) is 4.88 Å². The fourth-order valence-corrected chi connectivity index (χ4v) is 3.39. The van der Waals surface area contributed by atoms with Crippen molar-refractivity contribution < 1.29 is 9.53 Å². The maximum atomic E-state index is 12.6. The normalized spacial score (nSPS) is 24.0. The smallest absolute Gasteiger partial charge is 0.266 e. The molecule has 1 amide bonds. The van der Waals surface area contributed by atoms with Gasteiger partial charge in [-0.3, -0.25) is 4.79 Å². The van der Waals surface area contributed by atoms with Gasteiger partial charge >= 0.3 is 0 Å². The highest BCUT2D eigenvalue weighted by Gasteiger charge is 2.29. The number of aryl methyl sites for hydroxylation is 1. The summed E-state index contributed by atoms with van der Waals surface area (Å²) in [5, 5.41) is 1.04. The molecule has 2 atom stereocenters. The van der Waals surface area contributed by atoms with E-state index in [2.05, 4.69) is 18.8 Å². The lowest BCUT2D eigenvalue weighted by molar-refractivity contribution is -0.0585. The molecule has 1 aromatic rings. The first-order valence-electron chi connectivity index (χ1n) is 6.80. The summed E-state index contributed by atoms with van der Waals surface area (Å²) in [6.07, 6.45) is 0.205. The molecule has 106 valence electrons. The Kier molecular flexibility index (Phi) is 4.26. The van der Waals surface area contributed by atoms with Gasteiger partial charge in [0.2, 0.25) is 0 Å². The fraction of sp³-hybridized carbons (Fsp3) is 0.714. The number of amides is 1. The molecule has 1 aromatic heterocycles. The van der Waals surface area contributed by atoms with Crippen LogP contribution in [0.25, 0.3) is 0 Å². The predicted octanol–water partition coefficient (Wildman–Crippen LogP) is 2.82. The molecule has 1 aliphatic rings. The van der Waals surface area contributed by atoms with Crippen LogP contribution in [0.4, 0.5) is 0 Å². The zero-order valence-electron chi connectivity index (χ0n) is 12.3. The molecule has 2 heterocycles. The molecule has 2 rings (SSSR count). The van der Waals surface area contributed by atoms with Crippen molar-refractivity contribution in [2.24, 2.45) is 0 Å². The molecular formula is C14H22N2O2S. The van der Waals surface area contributed by atoms with Crippen LogP contribution in [-0.2, 0) is 4.74 Å². The molecule has 0 saturated carbocycles. The highest BCUT2D eigenvalue weighted by atomic mass is 32.1. The molecule has 1 aliphatic heterocycles. The van der Waals surface area contributed by atoms with Crippen molar-refractivity contribution in [3.8, 4) is 0 Å². The Morgan fingerprint density at radius 3 is 2.42 bits per heavy atom. The van der Waals surface area contributed by atoms with Crippen LogP contribution >= 0.6 is 11.3 Å². The molecule has 1 fully saturated rings. The van der Waals surface area contributed by atoms with E-state index in [-0.39, 0.29) is 18.1 Å². The molecular weight excluding hydrogens is 260 g/mol. The summed E-state index contributed by atoms with van der Waals surface area (Å²) in [6, 6.07) is 0. The molecule has 0 spiro atoms. The van der Waals surface area contributed by atoms with E-state index in [9.17, 15) is 4.79 Å². The van der Waals surface area contributed by atoms with Gasteiger partial charge < -0.3 is 9.64 Å². The lowest BCUT2D eigenvalue weighted by atomic mass is 10.2.